The average Bonchev–Trinajstić information content (AvgIpc) is 2.30. The van der Waals surface area contributed by atoms with Gasteiger partial charge in [-0.25, -0.2) is 4.39 Å². The monoisotopic (exact) mass is 228 g/mol. The Labute approximate surface area is 94.0 Å². The maximum atomic E-state index is 13.5. The van der Waals surface area contributed by atoms with E-state index in [4.69, 9.17) is 16.2 Å². The fraction of sp³-hybridized carbons (Fsp3) is 0.455. The Balaban J connectivity index is 2.87. The summed E-state index contributed by atoms with van der Waals surface area (Å²) in [6, 6.07) is 3.69. The van der Waals surface area contributed by atoms with Crippen LogP contribution in [0, 0.1) is 5.82 Å². The van der Waals surface area contributed by atoms with Crippen LogP contribution in [0.2, 0.25) is 0 Å². The maximum Gasteiger partial charge on any atom is 0.165 e. The summed E-state index contributed by atoms with van der Waals surface area (Å²) in [5.41, 5.74) is 11.5. The van der Waals surface area contributed by atoms with E-state index in [9.17, 15) is 9.50 Å². The van der Waals surface area contributed by atoms with Crippen LogP contribution in [0.4, 0.5) is 4.39 Å². The van der Waals surface area contributed by atoms with Gasteiger partial charge in [-0.1, -0.05) is 6.07 Å². The van der Waals surface area contributed by atoms with Crippen molar-refractivity contribution < 1.29 is 14.2 Å². The maximum absolute atomic E-state index is 13.5. The highest BCUT2D eigenvalue weighted by atomic mass is 19.1. The van der Waals surface area contributed by atoms with E-state index in [0.29, 0.717) is 12.2 Å². The summed E-state index contributed by atoms with van der Waals surface area (Å²) in [6.45, 7) is 2.21. The molecule has 0 aliphatic carbocycles. The number of hydrogen-bond acceptors (Lipinski definition) is 4. The van der Waals surface area contributed by atoms with Gasteiger partial charge in [-0.2, -0.15) is 0 Å². The summed E-state index contributed by atoms with van der Waals surface area (Å²) in [6.07, 6.45) is -0.877. The predicted octanol–water partition coefficient (Wildman–Crippen LogP) is 0.544. The highest BCUT2D eigenvalue weighted by Crippen LogP contribution is 2.22. The molecule has 0 aromatic heterocycles. The number of nitrogens with two attached hydrogens (primary N) is 2. The zero-order valence-electron chi connectivity index (χ0n) is 9.19. The fourth-order valence-corrected chi connectivity index (χ4v) is 1.37. The first-order valence-electron chi connectivity index (χ1n) is 5.16. The Kier molecular flexibility index (Phi) is 4.67. The van der Waals surface area contributed by atoms with Crippen molar-refractivity contribution in [2.45, 2.75) is 19.1 Å². The number of hydrogen-bond donors (Lipinski definition) is 3. The molecule has 90 valence electrons. The van der Waals surface area contributed by atoms with E-state index in [0.717, 1.165) is 0 Å². The number of benzene rings is 1. The molecule has 0 amide bonds. The first-order valence-corrected chi connectivity index (χ1v) is 5.16. The van der Waals surface area contributed by atoms with Gasteiger partial charge in [0.2, 0.25) is 0 Å². The third kappa shape index (κ3) is 2.91. The van der Waals surface area contributed by atoms with Crippen LogP contribution in [0.15, 0.2) is 18.2 Å². The van der Waals surface area contributed by atoms with Gasteiger partial charge in [0, 0.05) is 6.54 Å². The fourth-order valence-electron chi connectivity index (χ4n) is 1.37. The van der Waals surface area contributed by atoms with Gasteiger partial charge in [0.1, 0.15) is 0 Å². The van der Waals surface area contributed by atoms with E-state index < -0.39 is 18.0 Å². The zero-order valence-corrected chi connectivity index (χ0v) is 9.19. The molecular weight excluding hydrogens is 211 g/mol. The summed E-state index contributed by atoms with van der Waals surface area (Å²) < 4.78 is 18.5. The van der Waals surface area contributed by atoms with Crippen molar-refractivity contribution in [3.8, 4) is 5.75 Å². The van der Waals surface area contributed by atoms with Crippen LogP contribution >= 0.6 is 0 Å². The van der Waals surface area contributed by atoms with Gasteiger partial charge in [-0.05, 0) is 24.6 Å². The number of halogens is 1. The molecule has 0 spiro atoms. The minimum Gasteiger partial charge on any atom is -0.491 e. The molecule has 4 nitrogen and oxygen atoms in total. The molecule has 1 rings (SSSR count). The van der Waals surface area contributed by atoms with Crippen molar-refractivity contribution in [3.63, 3.8) is 0 Å². The molecule has 0 radical (unpaired) electrons. The molecule has 5 N–H and O–H groups in total. The molecule has 0 saturated heterocycles. The quantitative estimate of drug-likeness (QED) is 0.687. The second-order valence-electron chi connectivity index (χ2n) is 3.45. The van der Waals surface area contributed by atoms with Crippen molar-refractivity contribution in [2.75, 3.05) is 13.2 Å². The highest BCUT2D eigenvalue weighted by Gasteiger charge is 2.16. The van der Waals surface area contributed by atoms with Crippen molar-refractivity contribution in [1.29, 1.82) is 0 Å². The minimum absolute atomic E-state index is 0.0377. The molecule has 1 aromatic carbocycles. The molecule has 5 heteroatoms. The van der Waals surface area contributed by atoms with Crippen LogP contribution in [0.5, 0.6) is 5.75 Å². The summed E-state index contributed by atoms with van der Waals surface area (Å²) in [5, 5.41) is 9.44. The van der Waals surface area contributed by atoms with E-state index in [-0.39, 0.29) is 12.3 Å². The lowest BCUT2D eigenvalue weighted by Gasteiger charge is -2.18. The van der Waals surface area contributed by atoms with Crippen LogP contribution in [-0.4, -0.2) is 24.4 Å². The Morgan fingerprint density at radius 1 is 1.50 bits per heavy atom. The number of aliphatic hydroxyl groups excluding tert-OH is 1. The summed E-state index contributed by atoms with van der Waals surface area (Å²) in [5.74, 6) is -0.306. The van der Waals surface area contributed by atoms with Gasteiger partial charge in [-0.3, -0.25) is 0 Å². The molecule has 0 saturated carbocycles. The lowest BCUT2D eigenvalue weighted by atomic mass is 10.0. The standard InChI is InChI=1S/C11H17FN2O2/c1-2-16-10-4-3-7(5-8(10)12)11(14)9(15)6-13/h3-5,9,11,15H,2,6,13-14H2,1H3. The lowest BCUT2D eigenvalue weighted by Crippen LogP contribution is -2.32. The Morgan fingerprint density at radius 3 is 2.69 bits per heavy atom. The minimum atomic E-state index is -0.877. The van der Waals surface area contributed by atoms with Gasteiger partial charge in [0.25, 0.3) is 0 Å². The molecule has 0 heterocycles. The second-order valence-corrected chi connectivity index (χ2v) is 3.45. The molecule has 0 aliphatic heterocycles. The van der Waals surface area contributed by atoms with Crippen LogP contribution in [-0.2, 0) is 0 Å². The molecule has 2 atom stereocenters. The number of rotatable bonds is 5. The highest BCUT2D eigenvalue weighted by molar-refractivity contribution is 5.31. The van der Waals surface area contributed by atoms with Gasteiger partial charge in [0.15, 0.2) is 11.6 Å². The van der Waals surface area contributed by atoms with Crippen LogP contribution < -0.4 is 16.2 Å². The molecular formula is C11H17FN2O2. The van der Waals surface area contributed by atoms with Gasteiger partial charge in [-0.15, -0.1) is 0 Å². The summed E-state index contributed by atoms with van der Waals surface area (Å²) in [4.78, 5) is 0. The molecule has 1 aromatic rings. The van der Waals surface area contributed by atoms with E-state index in [1.165, 1.54) is 12.1 Å². The normalized spacial score (nSPS) is 14.6. The molecule has 0 bridgehead atoms. The first-order chi connectivity index (χ1) is 7.60. The molecule has 2 unspecified atom stereocenters. The smallest absolute Gasteiger partial charge is 0.165 e. The Morgan fingerprint density at radius 2 is 2.19 bits per heavy atom. The van der Waals surface area contributed by atoms with Crippen molar-refractivity contribution >= 4 is 0 Å². The predicted molar refractivity (Wildman–Crippen MR) is 59.6 cm³/mol. The van der Waals surface area contributed by atoms with Crippen molar-refractivity contribution in [1.82, 2.24) is 0 Å². The molecule has 0 fully saturated rings. The summed E-state index contributed by atoms with van der Waals surface area (Å²) in [7, 11) is 0. The lowest BCUT2D eigenvalue weighted by molar-refractivity contribution is 0.152. The largest absolute Gasteiger partial charge is 0.491 e. The van der Waals surface area contributed by atoms with E-state index in [1.54, 1.807) is 13.0 Å². The topological polar surface area (TPSA) is 81.5 Å². The zero-order chi connectivity index (χ0) is 12.1. The van der Waals surface area contributed by atoms with Gasteiger partial charge >= 0.3 is 0 Å². The van der Waals surface area contributed by atoms with Crippen LogP contribution in [0.25, 0.3) is 0 Å². The third-order valence-electron chi connectivity index (χ3n) is 2.30. The van der Waals surface area contributed by atoms with E-state index in [2.05, 4.69) is 0 Å². The molecule has 0 aliphatic rings. The summed E-state index contributed by atoms with van der Waals surface area (Å²) >= 11 is 0. The van der Waals surface area contributed by atoms with E-state index >= 15 is 0 Å². The van der Waals surface area contributed by atoms with Crippen LogP contribution in [0.1, 0.15) is 18.5 Å². The van der Waals surface area contributed by atoms with Crippen LogP contribution in [0.3, 0.4) is 0 Å². The van der Waals surface area contributed by atoms with Gasteiger partial charge in [0.05, 0.1) is 18.8 Å². The Bertz CT molecular complexity index is 347. The second kappa shape index (κ2) is 5.79. The third-order valence-corrected chi connectivity index (χ3v) is 2.30. The SMILES string of the molecule is CCOc1ccc(C(N)C(O)CN)cc1F. The number of aliphatic hydroxyl groups is 1. The van der Waals surface area contributed by atoms with E-state index in [1.807, 2.05) is 0 Å². The average molecular weight is 228 g/mol. The Hall–Kier alpha value is -1.17. The molecule has 16 heavy (non-hydrogen) atoms. The van der Waals surface area contributed by atoms with Gasteiger partial charge < -0.3 is 21.3 Å². The van der Waals surface area contributed by atoms with Crippen molar-refractivity contribution in [2.24, 2.45) is 11.5 Å². The first kappa shape index (κ1) is 12.9. The number of ether oxygens (including phenoxy) is 1. The van der Waals surface area contributed by atoms with Crippen molar-refractivity contribution in [3.05, 3.63) is 29.6 Å².